The van der Waals surface area contributed by atoms with Crippen LogP contribution in [0, 0.1) is 0 Å². The minimum atomic E-state index is -4.92. The Bertz CT molecular complexity index is 356. The van der Waals surface area contributed by atoms with Crippen molar-refractivity contribution < 1.29 is 17.5 Å². The zero-order chi connectivity index (χ0) is 19.6. The van der Waals surface area contributed by atoms with Gasteiger partial charge in [-0.05, 0) is 12.8 Å². The standard InChI is InChI=1S/C19H42P.H2O4S/c1-5-6-7-8-9-10-11-12-13-14-15-16-17-18-19-20(2,3)4;1-5(2,3)4/h5-19H2,1-4H3;(H2,1,2,3,4)/q+1;/p-1. The molecule has 0 aliphatic rings. The molecular formula is C19H43O4PS. The molecule has 0 atom stereocenters. The van der Waals surface area contributed by atoms with Crippen molar-refractivity contribution in [1.82, 2.24) is 0 Å². The number of hydrogen-bond donors (Lipinski definition) is 1. The quantitative estimate of drug-likeness (QED) is 0.150. The van der Waals surface area contributed by atoms with E-state index in [-0.39, 0.29) is 0 Å². The van der Waals surface area contributed by atoms with Crippen molar-refractivity contribution in [3.63, 3.8) is 0 Å². The van der Waals surface area contributed by atoms with Gasteiger partial charge in [-0.2, -0.15) is 0 Å². The summed E-state index contributed by atoms with van der Waals surface area (Å²) in [5.74, 6) is 0. The Morgan fingerprint density at radius 2 is 0.920 bits per heavy atom. The molecule has 0 amide bonds. The van der Waals surface area contributed by atoms with Crippen molar-refractivity contribution in [2.24, 2.45) is 0 Å². The van der Waals surface area contributed by atoms with E-state index >= 15 is 0 Å². The Hall–Kier alpha value is 0.300. The van der Waals surface area contributed by atoms with Gasteiger partial charge in [0.15, 0.2) is 0 Å². The number of rotatable bonds is 15. The first kappa shape index (κ1) is 27.5. The molecule has 0 spiro atoms. The van der Waals surface area contributed by atoms with Gasteiger partial charge in [0.1, 0.15) is 0 Å². The molecule has 4 nitrogen and oxygen atoms in total. The van der Waals surface area contributed by atoms with E-state index in [9.17, 15) is 0 Å². The van der Waals surface area contributed by atoms with Gasteiger partial charge in [-0.3, -0.25) is 4.55 Å². The molecule has 0 saturated heterocycles. The van der Waals surface area contributed by atoms with Crippen LogP contribution in [0.25, 0.3) is 0 Å². The van der Waals surface area contributed by atoms with Crippen molar-refractivity contribution in [2.45, 2.75) is 96.8 Å². The van der Waals surface area contributed by atoms with Gasteiger partial charge >= 0.3 is 0 Å². The second-order valence-corrected chi connectivity index (χ2v) is 13.9. The molecule has 6 heteroatoms. The summed E-state index contributed by atoms with van der Waals surface area (Å²) >= 11 is 0. The summed E-state index contributed by atoms with van der Waals surface area (Å²) in [4.78, 5) is 0. The van der Waals surface area contributed by atoms with Crippen LogP contribution >= 0.6 is 7.26 Å². The van der Waals surface area contributed by atoms with Crippen molar-refractivity contribution in [1.29, 1.82) is 0 Å². The molecule has 0 unspecified atom stereocenters. The van der Waals surface area contributed by atoms with E-state index < -0.39 is 17.7 Å². The van der Waals surface area contributed by atoms with E-state index in [1.54, 1.807) is 0 Å². The van der Waals surface area contributed by atoms with Crippen LogP contribution in [-0.4, -0.2) is 43.7 Å². The minimum Gasteiger partial charge on any atom is -0.726 e. The van der Waals surface area contributed by atoms with E-state index in [0.717, 1.165) is 0 Å². The first-order valence-electron chi connectivity index (χ1n) is 10.0. The van der Waals surface area contributed by atoms with E-state index in [2.05, 4.69) is 26.9 Å². The molecule has 154 valence electrons. The summed E-state index contributed by atoms with van der Waals surface area (Å²) in [6.07, 6.45) is 22.1. The molecule has 0 aliphatic heterocycles. The predicted octanol–water partition coefficient (Wildman–Crippen LogP) is 6.38. The zero-order valence-corrected chi connectivity index (χ0v) is 18.8. The smallest absolute Gasteiger partial charge is 0.215 e. The largest absolute Gasteiger partial charge is 0.726 e. The maximum Gasteiger partial charge on any atom is 0.215 e. The van der Waals surface area contributed by atoms with Crippen LogP contribution in [-0.2, 0) is 10.4 Å². The monoisotopic (exact) mass is 398 g/mol. The third-order valence-corrected chi connectivity index (χ3v) is 5.84. The first-order chi connectivity index (χ1) is 11.6. The van der Waals surface area contributed by atoms with Crippen LogP contribution in [0.3, 0.4) is 0 Å². The topological polar surface area (TPSA) is 77.4 Å². The summed E-state index contributed by atoms with van der Waals surface area (Å²) in [6, 6.07) is 0. The summed E-state index contributed by atoms with van der Waals surface area (Å²) in [5.41, 5.74) is 0. The molecule has 0 aromatic carbocycles. The van der Waals surface area contributed by atoms with Crippen molar-refractivity contribution >= 4 is 17.7 Å². The van der Waals surface area contributed by atoms with Crippen molar-refractivity contribution in [3.05, 3.63) is 0 Å². The molecule has 0 fully saturated rings. The Morgan fingerprint density at radius 1 is 0.680 bits per heavy atom. The molecule has 0 heterocycles. The van der Waals surface area contributed by atoms with Crippen LogP contribution in [0.5, 0.6) is 0 Å². The Labute approximate surface area is 158 Å². The van der Waals surface area contributed by atoms with Gasteiger partial charge in [-0.15, -0.1) is 0 Å². The lowest BCUT2D eigenvalue weighted by Gasteiger charge is -2.10. The number of hydrogen-bond acceptors (Lipinski definition) is 3. The van der Waals surface area contributed by atoms with Gasteiger partial charge in [0.2, 0.25) is 10.4 Å². The predicted molar refractivity (Wildman–Crippen MR) is 112 cm³/mol. The maximum atomic E-state index is 8.63. The third kappa shape index (κ3) is 40.4. The van der Waals surface area contributed by atoms with Crippen LogP contribution in [0.2, 0.25) is 0 Å². The first-order valence-corrected chi connectivity index (χ1v) is 14.7. The SMILES string of the molecule is CCCCCCCCCCCCCCCC[P+](C)(C)C.O=S(=O)([O-])O. The molecule has 1 N–H and O–H groups in total. The van der Waals surface area contributed by atoms with Gasteiger partial charge in [-0.25, -0.2) is 8.42 Å². The van der Waals surface area contributed by atoms with Crippen LogP contribution < -0.4 is 0 Å². The highest BCUT2D eigenvalue weighted by atomic mass is 32.3. The fraction of sp³-hybridized carbons (Fsp3) is 1.00. The fourth-order valence-electron chi connectivity index (χ4n) is 2.78. The van der Waals surface area contributed by atoms with Crippen molar-refractivity contribution in [2.75, 3.05) is 26.2 Å². The molecular weight excluding hydrogens is 355 g/mol. The van der Waals surface area contributed by atoms with Crippen molar-refractivity contribution in [3.8, 4) is 0 Å². The lowest BCUT2D eigenvalue weighted by molar-refractivity contribution is 0.366. The van der Waals surface area contributed by atoms with Gasteiger partial charge in [0.25, 0.3) is 0 Å². The van der Waals surface area contributed by atoms with Crippen LogP contribution in [0.1, 0.15) is 96.8 Å². The second kappa shape index (κ2) is 17.7. The molecule has 0 rings (SSSR count). The van der Waals surface area contributed by atoms with Gasteiger partial charge < -0.3 is 4.55 Å². The highest BCUT2D eigenvalue weighted by Crippen LogP contribution is 2.47. The lowest BCUT2D eigenvalue weighted by atomic mass is 10.0. The summed E-state index contributed by atoms with van der Waals surface area (Å²) in [6.45, 7) is 9.70. The van der Waals surface area contributed by atoms with E-state index in [1.807, 2.05) is 0 Å². The number of unbranched alkanes of at least 4 members (excludes halogenated alkanes) is 13. The van der Waals surface area contributed by atoms with Crippen LogP contribution in [0.4, 0.5) is 0 Å². The molecule has 25 heavy (non-hydrogen) atoms. The second-order valence-electron chi connectivity index (χ2n) is 8.04. The van der Waals surface area contributed by atoms with Gasteiger partial charge in [0.05, 0.1) is 6.16 Å². The van der Waals surface area contributed by atoms with Gasteiger partial charge in [-0.1, -0.05) is 84.0 Å². The normalized spacial score (nSPS) is 11.9. The minimum absolute atomic E-state index is 0.500. The maximum absolute atomic E-state index is 8.63. The third-order valence-electron chi connectivity index (χ3n) is 4.18. The summed E-state index contributed by atoms with van der Waals surface area (Å²) in [7, 11) is -5.42. The Kier molecular flexibility index (Phi) is 19.5. The Balaban J connectivity index is 0. The molecule has 0 radical (unpaired) electrons. The molecule has 0 saturated carbocycles. The molecule has 0 bridgehead atoms. The van der Waals surface area contributed by atoms with E-state index in [0.29, 0.717) is 0 Å². The summed E-state index contributed by atoms with van der Waals surface area (Å²) < 4.78 is 32.8. The Morgan fingerprint density at radius 3 is 1.16 bits per heavy atom. The molecule has 0 aromatic rings. The fourth-order valence-corrected chi connectivity index (χ4v) is 3.95. The highest BCUT2D eigenvalue weighted by molar-refractivity contribution is 7.79. The van der Waals surface area contributed by atoms with E-state index in [1.165, 1.54) is 96.1 Å². The average molecular weight is 399 g/mol. The lowest BCUT2D eigenvalue weighted by Crippen LogP contribution is -1.92. The summed E-state index contributed by atoms with van der Waals surface area (Å²) in [5, 5.41) is 0. The zero-order valence-electron chi connectivity index (χ0n) is 17.1. The molecule has 0 aromatic heterocycles. The molecule has 0 aliphatic carbocycles. The average Bonchev–Trinajstić information content (AvgIpc) is 2.45. The highest BCUT2D eigenvalue weighted by Gasteiger charge is 2.15. The van der Waals surface area contributed by atoms with Gasteiger partial charge in [0, 0.05) is 27.3 Å². The van der Waals surface area contributed by atoms with Crippen LogP contribution in [0.15, 0.2) is 0 Å². The van der Waals surface area contributed by atoms with E-state index in [4.69, 9.17) is 17.5 Å².